The quantitative estimate of drug-likeness (QED) is 0.512. The Kier molecular flexibility index (Phi) is 8.72. The van der Waals surface area contributed by atoms with Crippen LogP contribution >= 0.6 is 0 Å². The molecule has 158 valence electrons. The van der Waals surface area contributed by atoms with E-state index in [9.17, 15) is 8.78 Å². The maximum absolute atomic E-state index is 12.6. The van der Waals surface area contributed by atoms with Crippen LogP contribution in [0.15, 0.2) is 23.2 Å². The third-order valence-electron chi connectivity index (χ3n) is 4.88. The Labute approximate surface area is 165 Å². The number of alkyl halides is 2. The fourth-order valence-corrected chi connectivity index (χ4v) is 3.07. The van der Waals surface area contributed by atoms with Gasteiger partial charge in [-0.1, -0.05) is 0 Å². The van der Waals surface area contributed by atoms with E-state index in [1.165, 1.54) is 13.2 Å². The van der Waals surface area contributed by atoms with Gasteiger partial charge in [-0.05, 0) is 32.2 Å². The van der Waals surface area contributed by atoms with Gasteiger partial charge in [-0.2, -0.15) is 8.78 Å². The Bertz CT molecular complexity index is 637. The molecule has 1 aliphatic heterocycles. The van der Waals surface area contributed by atoms with Gasteiger partial charge < -0.3 is 25.0 Å². The molecule has 9 heteroatoms. The molecule has 1 fully saturated rings. The monoisotopic (exact) mass is 399 g/mol. The minimum atomic E-state index is -2.88. The summed E-state index contributed by atoms with van der Waals surface area (Å²) in [5.41, 5.74) is 0.565. The molecule has 0 aromatic heterocycles. The first-order valence-corrected chi connectivity index (χ1v) is 9.41. The molecule has 0 radical (unpaired) electrons. The summed E-state index contributed by atoms with van der Waals surface area (Å²) in [4.78, 5) is 8.98. The van der Waals surface area contributed by atoms with Crippen LogP contribution in [-0.2, 0) is 6.54 Å². The van der Waals surface area contributed by atoms with Gasteiger partial charge in [0.05, 0.1) is 7.11 Å². The Balaban J connectivity index is 1.89. The number of hydrogen-bond donors (Lipinski definition) is 2. The first-order valence-electron chi connectivity index (χ1n) is 9.41. The van der Waals surface area contributed by atoms with Crippen LogP contribution in [0.3, 0.4) is 0 Å². The smallest absolute Gasteiger partial charge is 0.387 e. The van der Waals surface area contributed by atoms with Crippen molar-refractivity contribution >= 4 is 5.96 Å². The number of methoxy groups -OCH3 is 1. The predicted molar refractivity (Wildman–Crippen MR) is 106 cm³/mol. The van der Waals surface area contributed by atoms with Crippen molar-refractivity contribution in [2.75, 3.05) is 53.9 Å². The largest absolute Gasteiger partial charge is 0.497 e. The minimum Gasteiger partial charge on any atom is -0.497 e. The van der Waals surface area contributed by atoms with Crippen LogP contribution < -0.4 is 20.1 Å². The molecule has 1 aliphatic rings. The highest BCUT2D eigenvalue weighted by Gasteiger charge is 2.19. The summed E-state index contributed by atoms with van der Waals surface area (Å²) in [5, 5.41) is 6.45. The normalized spacial score (nSPS) is 17.5. The molecular weight excluding hydrogens is 368 g/mol. The van der Waals surface area contributed by atoms with Gasteiger partial charge in [0.25, 0.3) is 0 Å². The van der Waals surface area contributed by atoms with Gasteiger partial charge >= 0.3 is 6.61 Å². The molecule has 1 heterocycles. The van der Waals surface area contributed by atoms with E-state index in [2.05, 4.69) is 44.1 Å². The fraction of sp³-hybridized carbons (Fsp3) is 0.632. The molecule has 2 N–H and O–H groups in total. The molecule has 0 amide bonds. The molecule has 1 unspecified atom stereocenters. The summed E-state index contributed by atoms with van der Waals surface area (Å²) in [7, 11) is 5.34. The number of nitrogens with one attached hydrogen (secondary N) is 2. The SMILES string of the molecule is CN=C(NCc1cc(OC)ccc1OC(F)F)NCC(C)N1CCN(C)CC1. The first kappa shape index (κ1) is 22.2. The Hall–Kier alpha value is -2.13. The number of aliphatic imine (C=N–C) groups is 1. The predicted octanol–water partition coefficient (Wildman–Crippen LogP) is 1.60. The second-order valence-electron chi connectivity index (χ2n) is 6.85. The van der Waals surface area contributed by atoms with E-state index in [-0.39, 0.29) is 12.3 Å². The Morgan fingerprint density at radius 1 is 1.21 bits per heavy atom. The maximum Gasteiger partial charge on any atom is 0.387 e. The lowest BCUT2D eigenvalue weighted by molar-refractivity contribution is -0.0504. The van der Waals surface area contributed by atoms with E-state index in [4.69, 9.17) is 4.74 Å². The van der Waals surface area contributed by atoms with Crippen molar-refractivity contribution in [1.82, 2.24) is 20.4 Å². The van der Waals surface area contributed by atoms with Gasteiger partial charge in [0.2, 0.25) is 0 Å². The van der Waals surface area contributed by atoms with Crippen molar-refractivity contribution in [3.05, 3.63) is 23.8 Å². The summed E-state index contributed by atoms with van der Waals surface area (Å²) in [6.45, 7) is 4.55. The highest BCUT2D eigenvalue weighted by molar-refractivity contribution is 5.79. The van der Waals surface area contributed by atoms with E-state index >= 15 is 0 Å². The number of hydrogen-bond acceptors (Lipinski definition) is 5. The number of piperazine rings is 1. The number of guanidine groups is 1. The van der Waals surface area contributed by atoms with Crippen LogP contribution in [0.5, 0.6) is 11.5 Å². The van der Waals surface area contributed by atoms with Crippen molar-refractivity contribution < 1.29 is 18.3 Å². The number of halogens is 2. The van der Waals surface area contributed by atoms with Gasteiger partial charge in [-0.25, -0.2) is 0 Å². The lowest BCUT2D eigenvalue weighted by atomic mass is 10.2. The average Bonchev–Trinajstić information content (AvgIpc) is 2.69. The van der Waals surface area contributed by atoms with Crippen LogP contribution in [-0.4, -0.2) is 82.3 Å². The summed E-state index contributed by atoms with van der Waals surface area (Å²) in [6, 6.07) is 5.10. The zero-order valence-corrected chi connectivity index (χ0v) is 17.0. The molecule has 0 bridgehead atoms. The Morgan fingerprint density at radius 3 is 2.54 bits per heavy atom. The molecular formula is C19H31F2N5O2. The third kappa shape index (κ3) is 6.79. The zero-order chi connectivity index (χ0) is 20.5. The molecule has 0 spiro atoms. The minimum absolute atomic E-state index is 0.115. The first-order chi connectivity index (χ1) is 13.4. The average molecular weight is 399 g/mol. The second kappa shape index (κ2) is 11.0. The molecule has 2 rings (SSSR count). The van der Waals surface area contributed by atoms with E-state index in [0.29, 0.717) is 23.3 Å². The molecule has 28 heavy (non-hydrogen) atoms. The zero-order valence-electron chi connectivity index (χ0n) is 17.0. The van der Waals surface area contributed by atoms with E-state index in [0.717, 1.165) is 32.7 Å². The van der Waals surface area contributed by atoms with Gasteiger partial charge in [-0.15, -0.1) is 0 Å². The number of benzene rings is 1. The maximum atomic E-state index is 12.6. The Morgan fingerprint density at radius 2 is 1.93 bits per heavy atom. The lowest BCUT2D eigenvalue weighted by Crippen LogP contribution is -2.52. The van der Waals surface area contributed by atoms with Crippen LogP contribution in [0.25, 0.3) is 0 Å². The molecule has 1 aromatic carbocycles. The lowest BCUT2D eigenvalue weighted by Gasteiger charge is -2.36. The highest BCUT2D eigenvalue weighted by Crippen LogP contribution is 2.25. The molecule has 7 nitrogen and oxygen atoms in total. The standard InChI is InChI=1S/C19H31F2N5O2/c1-14(26-9-7-25(3)8-10-26)12-23-19(22-2)24-13-15-11-16(27-4)5-6-17(15)28-18(20)21/h5-6,11,14,18H,7-10,12-13H2,1-4H3,(H2,22,23,24). The second-order valence-corrected chi connectivity index (χ2v) is 6.85. The van der Waals surface area contributed by atoms with E-state index < -0.39 is 6.61 Å². The van der Waals surface area contributed by atoms with Gasteiger partial charge in [-0.3, -0.25) is 9.89 Å². The number of likely N-dealkylation sites (N-methyl/N-ethyl adjacent to an activating group) is 1. The van der Waals surface area contributed by atoms with Gasteiger partial charge in [0.15, 0.2) is 5.96 Å². The summed E-state index contributed by atoms with van der Waals surface area (Å²) in [5.74, 6) is 1.29. The topological polar surface area (TPSA) is 61.4 Å². The van der Waals surface area contributed by atoms with Crippen LogP contribution in [0, 0.1) is 0 Å². The van der Waals surface area contributed by atoms with Crippen molar-refractivity contribution in [2.45, 2.75) is 26.1 Å². The molecule has 0 aliphatic carbocycles. The molecule has 1 aromatic rings. The van der Waals surface area contributed by atoms with Gasteiger partial charge in [0, 0.05) is 57.9 Å². The molecule has 1 atom stereocenters. The van der Waals surface area contributed by atoms with Crippen molar-refractivity contribution in [2.24, 2.45) is 4.99 Å². The van der Waals surface area contributed by atoms with Crippen LogP contribution in [0.1, 0.15) is 12.5 Å². The van der Waals surface area contributed by atoms with E-state index in [1.807, 2.05) is 0 Å². The van der Waals surface area contributed by atoms with Crippen molar-refractivity contribution in [1.29, 1.82) is 0 Å². The number of rotatable bonds is 8. The molecule has 0 saturated carbocycles. The third-order valence-corrected chi connectivity index (χ3v) is 4.88. The van der Waals surface area contributed by atoms with E-state index in [1.54, 1.807) is 19.2 Å². The summed E-state index contributed by atoms with van der Waals surface area (Å²) >= 11 is 0. The summed E-state index contributed by atoms with van der Waals surface area (Å²) < 4.78 is 35.1. The van der Waals surface area contributed by atoms with Gasteiger partial charge in [0.1, 0.15) is 11.5 Å². The highest BCUT2D eigenvalue weighted by atomic mass is 19.3. The fourth-order valence-electron chi connectivity index (χ4n) is 3.07. The van der Waals surface area contributed by atoms with Crippen LogP contribution in [0.2, 0.25) is 0 Å². The summed E-state index contributed by atoms with van der Waals surface area (Å²) in [6.07, 6.45) is 0. The van der Waals surface area contributed by atoms with Crippen LogP contribution in [0.4, 0.5) is 8.78 Å². The molecule has 1 saturated heterocycles. The number of ether oxygens (including phenoxy) is 2. The van der Waals surface area contributed by atoms with Crippen molar-refractivity contribution in [3.63, 3.8) is 0 Å². The van der Waals surface area contributed by atoms with Crippen molar-refractivity contribution in [3.8, 4) is 11.5 Å². The number of nitrogens with zero attached hydrogens (tertiary/aromatic N) is 3.